The summed E-state index contributed by atoms with van der Waals surface area (Å²) in [6, 6.07) is 14.2. The molecule has 1 heterocycles. The van der Waals surface area contributed by atoms with E-state index < -0.39 is 20.3 Å². The van der Waals surface area contributed by atoms with Crippen molar-refractivity contribution in [3.05, 3.63) is 59.3 Å². The van der Waals surface area contributed by atoms with Gasteiger partial charge in [0.05, 0.1) is 10.5 Å². The second kappa shape index (κ2) is 16.2. The van der Waals surface area contributed by atoms with E-state index in [0.29, 0.717) is 28.5 Å². The van der Waals surface area contributed by atoms with Crippen LogP contribution in [0.2, 0.25) is 5.02 Å². The molecular formula is C22H30ClN3O6S3. The molecule has 0 aliphatic rings. The lowest BCUT2D eigenvalue weighted by molar-refractivity contribution is 0.266. The number of thiol groups is 2. The van der Waals surface area contributed by atoms with Crippen LogP contribution in [0, 0.1) is 0 Å². The highest BCUT2D eigenvalue weighted by molar-refractivity contribution is 7.96. The average Bonchev–Trinajstić information content (AvgIpc) is 3.11. The molecule has 0 saturated carbocycles. The Morgan fingerprint density at radius 2 is 1.51 bits per heavy atom. The molecule has 0 aliphatic carbocycles. The number of nitrogens with zero attached hydrogens (tertiary/aromatic N) is 1. The monoisotopic (exact) mass is 563 g/mol. The zero-order valence-electron chi connectivity index (χ0n) is 18.4. The van der Waals surface area contributed by atoms with Gasteiger partial charge in [-0.05, 0) is 24.6 Å². The molecule has 2 amide bonds. The molecule has 0 saturated heterocycles. The van der Waals surface area contributed by atoms with Crippen molar-refractivity contribution in [3.63, 3.8) is 0 Å². The Labute approximate surface area is 221 Å². The van der Waals surface area contributed by atoms with Crippen molar-refractivity contribution in [2.24, 2.45) is 11.5 Å². The Bertz CT molecular complexity index is 1180. The third-order valence-electron chi connectivity index (χ3n) is 3.91. The van der Waals surface area contributed by atoms with E-state index in [1.165, 1.54) is 6.26 Å². The van der Waals surface area contributed by atoms with E-state index in [4.69, 9.17) is 25.7 Å². The van der Waals surface area contributed by atoms with Gasteiger partial charge < -0.3 is 21.5 Å². The van der Waals surface area contributed by atoms with Gasteiger partial charge in [-0.1, -0.05) is 86.7 Å². The number of hydrogen-bond acceptors (Lipinski definition) is 6. The number of nitrogens with two attached hydrogens (primary N) is 2. The van der Waals surface area contributed by atoms with Crippen molar-refractivity contribution < 1.29 is 28.0 Å². The zero-order valence-corrected chi connectivity index (χ0v) is 21.7. The van der Waals surface area contributed by atoms with Crippen molar-refractivity contribution in [1.82, 2.24) is 5.16 Å². The highest BCUT2D eigenvalue weighted by Crippen LogP contribution is 2.38. The summed E-state index contributed by atoms with van der Waals surface area (Å²) in [5.74, 6) is 0.684. The number of amides is 2. The van der Waals surface area contributed by atoms with Gasteiger partial charge in [-0.25, -0.2) is 8.42 Å². The maximum absolute atomic E-state index is 12.2. The summed E-state index contributed by atoms with van der Waals surface area (Å²) in [6.45, 7) is 2.04. The van der Waals surface area contributed by atoms with E-state index in [0.717, 1.165) is 17.5 Å². The quantitative estimate of drug-likeness (QED) is 0.323. The van der Waals surface area contributed by atoms with Gasteiger partial charge >= 0.3 is 0 Å². The van der Waals surface area contributed by atoms with Crippen molar-refractivity contribution in [1.29, 1.82) is 0 Å². The summed E-state index contributed by atoms with van der Waals surface area (Å²) in [4.78, 5) is 18.4. The first-order chi connectivity index (χ1) is 15.4. The van der Waals surface area contributed by atoms with Gasteiger partial charge in [0.2, 0.25) is 0 Å². The summed E-state index contributed by atoms with van der Waals surface area (Å²) < 4.78 is 30.0. The summed E-state index contributed by atoms with van der Waals surface area (Å²) in [5, 5.41) is 3.57. The molecule has 3 aromatic rings. The Morgan fingerprint density at radius 1 is 1.03 bits per heavy atom. The summed E-state index contributed by atoms with van der Waals surface area (Å²) in [7, 11) is -3.39. The van der Waals surface area contributed by atoms with Crippen LogP contribution in [-0.2, 0) is 16.3 Å². The molecular weight excluding hydrogens is 534 g/mol. The van der Waals surface area contributed by atoms with Crippen LogP contribution < -0.4 is 11.5 Å². The van der Waals surface area contributed by atoms with Crippen LogP contribution in [0.1, 0.15) is 26.5 Å². The van der Waals surface area contributed by atoms with E-state index in [2.05, 4.69) is 41.9 Å². The lowest BCUT2D eigenvalue weighted by Gasteiger charge is -2.09. The zero-order chi connectivity index (χ0) is 25.2. The SMILES string of the molecule is C.CCCc1onc(-c2ccc(Cl)cc2)c1-c1ccccc1S(C)(=O)=O.NC(=O)S.NC(=O)S.O. The van der Waals surface area contributed by atoms with Crippen molar-refractivity contribution in [3.8, 4) is 22.4 Å². The molecule has 35 heavy (non-hydrogen) atoms. The topological polar surface area (TPSA) is 178 Å². The number of aryl methyl sites for hydroxylation is 1. The van der Waals surface area contributed by atoms with Crippen LogP contribution in [-0.4, -0.2) is 35.8 Å². The predicted octanol–water partition coefficient (Wildman–Crippen LogP) is 4.82. The van der Waals surface area contributed by atoms with Gasteiger partial charge in [0.15, 0.2) is 9.84 Å². The molecule has 9 nitrogen and oxygen atoms in total. The maximum Gasteiger partial charge on any atom is 0.273 e. The van der Waals surface area contributed by atoms with Crippen LogP contribution in [0.4, 0.5) is 9.59 Å². The Morgan fingerprint density at radius 3 is 1.97 bits per heavy atom. The fourth-order valence-corrected chi connectivity index (χ4v) is 3.82. The molecule has 2 aromatic carbocycles. The minimum atomic E-state index is -3.39. The van der Waals surface area contributed by atoms with Gasteiger partial charge in [0, 0.05) is 28.8 Å². The van der Waals surface area contributed by atoms with E-state index in [1.54, 1.807) is 30.3 Å². The third kappa shape index (κ3) is 11.6. The molecule has 13 heteroatoms. The number of benzene rings is 2. The largest absolute Gasteiger partial charge is 0.412 e. The highest BCUT2D eigenvalue weighted by Gasteiger charge is 2.24. The Hall–Kier alpha value is -2.51. The highest BCUT2D eigenvalue weighted by atomic mass is 35.5. The number of carbonyl (C=O) groups is 2. The van der Waals surface area contributed by atoms with E-state index in [9.17, 15) is 8.42 Å². The lowest BCUT2D eigenvalue weighted by atomic mass is 9.97. The fourth-order valence-electron chi connectivity index (χ4n) is 2.80. The van der Waals surface area contributed by atoms with Crippen molar-refractivity contribution in [2.75, 3.05) is 6.26 Å². The molecule has 0 spiro atoms. The first-order valence-corrected chi connectivity index (χ1v) is 12.6. The van der Waals surface area contributed by atoms with Gasteiger partial charge in [-0.3, -0.25) is 9.59 Å². The van der Waals surface area contributed by atoms with E-state index >= 15 is 0 Å². The van der Waals surface area contributed by atoms with Crippen LogP contribution in [0.15, 0.2) is 57.9 Å². The van der Waals surface area contributed by atoms with Crippen LogP contribution in [0.25, 0.3) is 22.4 Å². The van der Waals surface area contributed by atoms with Crippen LogP contribution >= 0.6 is 36.9 Å². The minimum Gasteiger partial charge on any atom is -0.412 e. The number of primary amides is 2. The Kier molecular flexibility index (Phi) is 16.1. The summed E-state index contributed by atoms with van der Waals surface area (Å²) >= 11 is 12.2. The molecule has 6 N–H and O–H groups in total. The molecule has 3 rings (SSSR count). The number of hydrogen-bond donors (Lipinski definition) is 4. The van der Waals surface area contributed by atoms with Gasteiger partial charge in [-0.15, -0.1) is 0 Å². The number of sulfone groups is 1. The number of aromatic nitrogens is 1. The molecule has 0 aliphatic heterocycles. The second-order valence-electron chi connectivity index (χ2n) is 6.53. The standard InChI is InChI=1S/C19H18ClNO3S.2CH3NOS.CH4.H2O/c1-3-6-16-18(15-7-4-5-8-17(15)25(2,22)23)19(21-24-16)13-9-11-14(20)12-10-13;2*2-1(3)4;;/h4-5,7-12H,3,6H2,1-2H3;2*(H3,2,3,4);1H4;1H2. The lowest BCUT2D eigenvalue weighted by Crippen LogP contribution is -2.01. The number of carbonyl (C=O) groups excluding carboxylic acids is 2. The average molecular weight is 564 g/mol. The molecule has 0 bridgehead atoms. The summed E-state index contributed by atoms with van der Waals surface area (Å²) in [6.07, 6.45) is 2.75. The van der Waals surface area contributed by atoms with Crippen LogP contribution in [0.3, 0.4) is 0 Å². The summed E-state index contributed by atoms with van der Waals surface area (Å²) in [5.41, 5.74) is 11.5. The van der Waals surface area contributed by atoms with Gasteiger partial charge in [0.1, 0.15) is 11.5 Å². The first kappa shape index (κ1) is 34.7. The molecule has 0 unspecified atom stereocenters. The molecule has 0 radical (unpaired) electrons. The van der Waals surface area contributed by atoms with Gasteiger partial charge in [-0.2, -0.15) is 0 Å². The van der Waals surface area contributed by atoms with E-state index in [1.807, 2.05) is 25.1 Å². The predicted molar refractivity (Wildman–Crippen MR) is 147 cm³/mol. The maximum atomic E-state index is 12.2. The first-order valence-electron chi connectivity index (χ1n) is 9.39. The van der Waals surface area contributed by atoms with Crippen molar-refractivity contribution in [2.45, 2.75) is 32.1 Å². The second-order valence-corrected chi connectivity index (χ2v) is 9.83. The van der Waals surface area contributed by atoms with E-state index in [-0.39, 0.29) is 17.8 Å². The molecule has 0 atom stereocenters. The smallest absolute Gasteiger partial charge is 0.273 e. The Balaban J connectivity index is 0. The molecule has 0 fully saturated rings. The minimum absolute atomic E-state index is 0. The van der Waals surface area contributed by atoms with Gasteiger partial charge in [0.25, 0.3) is 10.5 Å². The normalized spacial score (nSPS) is 9.74. The number of rotatable bonds is 5. The fraction of sp³-hybridized carbons (Fsp3) is 0.227. The third-order valence-corrected chi connectivity index (χ3v) is 5.32. The van der Waals surface area contributed by atoms with Crippen molar-refractivity contribution >= 4 is 57.2 Å². The molecule has 1 aromatic heterocycles. The molecule has 194 valence electrons. The van der Waals surface area contributed by atoms with Crippen LogP contribution in [0.5, 0.6) is 0 Å². The number of halogens is 1.